The molecule has 1 heterocycles. The van der Waals surface area contributed by atoms with Crippen LogP contribution < -0.4 is 0 Å². The van der Waals surface area contributed by atoms with Gasteiger partial charge in [0, 0.05) is 5.39 Å². The topological polar surface area (TPSA) is 13.1 Å². The van der Waals surface area contributed by atoms with Crippen molar-refractivity contribution in [3.05, 3.63) is 85.1 Å². The lowest BCUT2D eigenvalue weighted by molar-refractivity contribution is 0.607. The summed E-state index contributed by atoms with van der Waals surface area (Å²) in [5.41, 5.74) is 3.18. The van der Waals surface area contributed by atoms with E-state index >= 15 is 0 Å². The Labute approximate surface area is 112 Å². The molecule has 0 N–H and O–H groups in total. The summed E-state index contributed by atoms with van der Waals surface area (Å²) in [7, 11) is 0. The molecule has 0 aliphatic rings. The van der Waals surface area contributed by atoms with E-state index in [0.29, 0.717) is 0 Å². The molecule has 1 aromatic heterocycles. The van der Waals surface area contributed by atoms with Gasteiger partial charge >= 0.3 is 0 Å². The van der Waals surface area contributed by atoms with E-state index in [-0.39, 0.29) is 0 Å². The lowest BCUT2D eigenvalue weighted by Gasteiger charge is -1.96. The third-order valence-electron chi connectivity index (χ3n) is 3.02. The van der Waals surface area contributed by atoms with Crippen LogP contribution in [-0.4, -0.2) is 0 Å². The van der Waals surface area contributed by atoms with Crippen molar-refractivity contribution in [2.75, 3.05) is 0 Å². The van der Waals surface area contributed by atoms with Crippen molar-refractivity contribution in [1.82, 2.24) is 0 Å². The molecule has 19 heavy (non-hydrogen) atoms. The van der Waals surface area contributed by atoms with Gasteiger partial charge in [0.25, 0.3) is 0 Å². The molecular weight excluding hydrogens is 232 g/mol. The Morgan fingerprint density at radius 2 is 1.16 bits per heavy atom. The van der Waals surface area contributed by atoms with E-state index < -0.39 is 0 Å². The van der Waals surface area contributed by atoms with Crippen LogP contribution in [0.5, 0.6) is 0 Å². The second-order valence-electron chi connectivity index (χ2n) is 4.31. The molecule has 0 fully saturated rings. The van der Waals surface area contributed by atoms with Gasteiger partial charge in [-0.2, -0.15) is 0 Å². The first-order chi connectivity index (χ1) is 9.43. The van der Waals surface area contributed by atoms with Crippen LogP contribution >= 0.6 is 0 Å². The van der Waals surface area contributed by atoms with Crippen LogP contribution in [0.3, 0.4) is 0 Å². The van der Waals surface area contributed by atoms with Gasteiger partial charge < -0.3 is 4.42 Å². The van der Waals surface area contributed by atoms with Crippen molar-refractivity contribution < 1.29 is 4.42 Å². The molecule has 3 rings (SSSR count). The monoisotopic (exact) mass is 246 g/mol. The molecule has 3 aromatic rings. The third kappa shape index (κ3) is 2.66. The van der Waals surface area contributed by atoms with E-state index in [1.807, 2.05) is 48.5 Å². The summed E-state index contributed by atoms with van der Waals surface area (Å²) in [6.45, 7) is 0. The third-order valence-corrected chi connectivity index (χ3v) is 3.02. The van der Waals surface area contributed by atoms with Crippen molar-refractivity contribution >= 4 is 11.0 Å². The van der Waals surface area contributed by atoms with E-state index in [0.717, 1.165) is 16.5 Å². The maximum atomic E-state index is 5.69. The molecule has 1 heteroatoms. The molecule has 0 saturated carbocycles. The molecule has 1 nitrogen and oxygen atoms in total. The normalized spacial score (nSPS) is 10.1. The largest absolute Gasteiger partial charge is 0.464 e. The van der Waals surface area contributed by atoms with E-state index in [1.54, 1.807) is 6.26 Å². The average molecular weight is 246 g/mol. The molecule has 0 bridgehead atoms. The summed E-state index contributed by atoms with van der Waals surface area (Å²) >= 11 is 0. The Bertz CT molecular complexity index is 681. The van der Waals surface area contributed by atoms with Gasteiger partial charge in [0.1, 0.15) is 5.58 Å². The zero-order valence-electron chi connectivity index (χ0n) is 10.5. The number of para-hydroxylation sites is 1. The van der Waals surface area contributed by atoms with Crippen LogP contribution in [0, 0.1) is 0 Å². The Morgan fingerprint density at radius 3 is 2.05 bits per heavy atom. The highest BCUT2D eigenvalue weighted by molar-refractivity contribution is 5.75. The predicted octanol–water partition coefficient (Wildman–Crippen LogP) is 5.22. The molecule has 0 spiro atoms. The maximum Gasteiger partial charge on any atom is 0.133 e. The Morgan fingerprint density at radius 1 is 0.526 bits per heavy atom. The second kappa shape index (κ2) is 5.40. The number of fused-ring (bicyclic) bond motifs is 1. The van der Waals surface area contributed by atoms with Crippen LogP contribution in [0.25, 0.3) is 22.1 Å². The summed E-state index contributed by atoms with van der Waals surface area (Å²) in [5, 5.41) is 1.08. The fraction of sp³-hybridized carbons (Fsp3) is 0. The summed E-state index contributed by atoms with van der Waals surface area (Å²) in [6, 6.07) is 26.5. The second-order valence-corrected chi connectivity index (χ2v) is 4.31. The minimum absolute atomic E-state index is 0.873. The minimum atomic E-state index is 0.873. The minimum Gasteiger partial charge on any atom is -0.464 e. The van der Waals surface area contributed by atoms with Crippen molar-refractivity contribution in [1.29, 1.82) is 0 Å². The van der Waals surface area contributed by atoms with Gasteiger partial charge in [0.15, 0.2) is 0 Å². The van der Waals surface area contributed by atoms with Crippen molar-refractivity contribution in [2.24, 2.45) is 0 Å². The molecular formula is C18H14O. The van der Waals surface area contributed by atoms with Crippen LogP contribution in [-0.2, 0) is 0 Å². The smallest absolute Gasteiger partial charge is 0.133 e. The number of benzene rings is 2. The fourth-order valence-electron chi connectivity index (χ4n) is 2.04. The van der Waals surface area contributed by atoms with Crippen LogP contribution in [0.4, 0.5) is 0 Å². The highest BCUT2D eigenvalue weighted by atomic mass is 16.3. The molecule has 0 aliphatic heterocycles. The molecule has 0 atom stereocenters. The summed E-state index contributed by atoms with van der Waals surface area (Å²) in [4.78, 5) is 0. The predicted molar refractivity (Wildman–Crippen MR) is 79.3 cm³/mol. The van der Waals surface area contributed by atoms with E-state index in [4.69, 9.17) is 4.42 Å². The Hall–Kier alpha value is -2.54. The number of hydrogen-bond donors (Lipinski definition) is 0. The molecule has 0 amide bonds. The number of rotatable bonds is 1. The zero-order chi connectivity index (χ0) is 12.9. The van der Waals surface area contributed by atoms with Crippen molar-refractivity contribution in [3.8, 4) is 11.1 Å². The Balaban J connectivity index is 2.19. The molecule has 0 aliphatic carbocycles. The highest BCUT2D eigenvalue weighted by Gasteiger charge is 1.93. The first-order valence-corrected chi connectivity index (χ1v) is 6.29. The van der Waals surface area contributed by atoms with E-state index in [2.05, 4.69) is 30.3 Å². The van der Waals surface area contributed by atoms with Crippen LogP contribution in [0.1, 0.15) is 0 Å². The first kappa shape index (κ1) is 11.5. The summed E-state index contributed by atoms with van der Waals surface area (Å²) in [5.74, 6) is 0. The standard InChI is InChI=1S/C18H14O/c1-2-7-15(8-3-1)16-10-6-11-17-9-4-5-12-18(17)19-14-13-16/h1-14H. The average Bonchev–Trinajstić information content (AvgIpc) is 2.58. The summed E-state index contributed by atoms with van der Waals surface area (Å²) < 4.78 is 5.69. The van der Waals surface area contributed by atoms with Crippen LogP contribution in [0.15, 0.2) is 89.5 Å². The zero-order valence-corrected chi connectivity index (χ0v) is 10.5. The van der Waals surface area contributed by atoms with Gasteiger partial charge in [0.2, 0.25) is 0 Å². The molecule has 0 unspecified atom stereocenters. The van der Waals surface area contributed by atoms with Crippen molar-refractivity contribution in [3.63, 3.8) is 0 Å². The lowest BCUT2D eigenvalue weighted by atomic mass is 10.1. The fourth-order valence-corrected chi connectivity index (χ4v) is 2.04. The van der Waals surface area contributed by atoms with Gasteiger partial charge in [-0.1, -0.05) is 66.7 Å². The van der Waals surface area contributed by atoms with E-state index in [1.165, 1.54) is 5.56 Å². The van der Waals surface area contributed by atoms with E-state index in [9.17, 15) is 0 Å². The first-order valence-electron chi connectivity index (χ1n) is 6.29. The van der Waals surface area contributed by atoms with Gasteiger partial charge in [0.05, 0.1) is 6.26 Å². The van der Waals surface area contributed by atoms with Gasteiger partial charge in [-0.25, -0.2) is 0 Å². The highest BCUT2D eigenvalue weighted by Crippen LogP contribution is 2.18. The SMILES string of the molecule is c1ccc(-c2cccc3ccccc3occ2)cc1. The molecule has 0 saturated heterocycles. The van der Waals surface area contributed by atoms with Gasteiger partial charge in [-0.15, -0.1) is 0 Å². The Kier molecular flexibility index (Phi) is 3.28. The molecule has 2 aromatic carbocycles. The number of hydrogen-bond acceptors (Lipinski definition) is 1. The summed E-state index contributed by atoms with van der Waals surface area (Å²) in [6.07, 6.45) is 1.74. The quantitative estimate of drug-likeness (QED) is 0.573. The van der Waals surface area contributed by atoms with Gasteiger partial charge in [-0.3, -0.25) is 0 Å². The molecule has 0 radical (unpaired) electrons. The van der Waals surface area contributed by atoms with Crippen LogP contribution in [0.2, 0.25) is 0 Å². The van der Waals surface area contributed by atoms with Crippen molar-refractivity contribution in [2.45, 2.75) is 0 Å². The molecule has 92 valence electrons. The maximum absolute atomic E-state index is 5.69. The van der Waals surface area contributed by atoms with Gasteiger partial charge in [-0.05, 0) is 23.3 Å². The lowest BCUT2D eigenvalue weighted by Crippen LogP contribution is -1.71.